The maximum atomic E-state index is 12.5. The number of hydrogen-bond acceptors (Lipinski definition) is 5. The molecule has 3 aromatic rings. The Balaban J connectivity index is 1.85. The van der Waals surface area contributed by atoms with Crippen molar-refractivity contribution >= 4 is 0 Å². The van der Waals surface area contributed by atoms with Crippen LogP contribution in [0.1, 0.15) is 5.89 Å². The van der Waals surface area contributed by atoms with Crippen molar-refractivity contribution in [3.05, 3.63) is 54.4 Å². The summed E-state index contributed by atoms with van der Waals surface area (Å²) < 4.78 is 52.5. The molecule has 2 aromatic carbocycles. The van der Waals surface area contributed by atoms with E-state index >= 15 is 0 Å². The van der Waals surface area contributed by atoms with Crippen molar-refractivity contribution in [1.29, 1.82) is 0 Å². The topological polar surface area (TPSA) is 57.4 Å². The van der Waals surface area contributed by atoms with E-state index in [0.717, 1.165) is 0 Å². The highest BCUT2D eigenvalue weighted by molar-refractivity contribution is 5.57. The summed E-state index contributed by atoms with van der Waals surface area (Å²) in [7, 11) is 1.53. The predicted octanol–water partition coefficient (Wildman–Crippen LogP) is 4.36. The predicted molar refractivity (Wildman–Crippen MR) is 76.6 cm³/mol. The number of ether oxygens (including phenoxy) is 2. The summed E-state index contributed by atoms with van der Waals surface area (Å²) in [6.45, 7) is 0. The van der Waals surface area contributed by atoms with E-state index in [1.807, 2.05) is 0 Å². The van der Waals surface area contributed by atoms with Crippen LogP contribution in [0.15, 0.2) is 47.0 Å². The normalized spacial score (nSPS) is 11.3. The van der Waals surface area contributed by atoms with Crippen molar-refractivity contribution in [1.82, 2.24) is 10.1 Å². The molecule has 0 aliphatic rings. The largest absolute Gasteiger partial charge is 0.497 e. The first-order valence-corrected chi connectivity index (χ1v) is 6.70. The van der Waals surface area contributed by atoms with E-state index < -0.39 is 12.1 Å². The van der Waals surface area contributed by atoms with E-state index in [4.69, 9.17) is 9.47 Å². The Hall–Kier alpha value is -3.03. The van der Waals surface area contributed by atoms with Gasteiger partial charge < -0.3 is 14.0 Å². The number of nitrogens with zero attached hydrogens (tertiary/aromatic N) is 2. The number of benzene rings is 2. The molecule has 0 fully saturated rings. The van der Waals surface area contributed by atoms with Gasteiger partial charge in [0, 0.05) is 17.7 Å². The summed E-state index contributed by atoms with van der Waals surface area (Å²) in [6.07, 6.45) is -4.69. The molecule has 0 saturated heterocycles. The molecule has 0 amide bonds. The van der Waals surface area contributed by atoms with Crippen LogP contribution in [0.5, 0.6) is 17.2 Å². The quantitative estimate of drug-likeness (QED) is 0.709. The van der Waals surface area contributed by atoms with Gasteiger partial charge in [-0.1, -0.05) is 17.3 Å². The lowest BCUT2D eigenvalue weighted by atomic mass is 10.2. The van der Waals surface area contributed by atoms with Crippen LogP contribution in [0.4, 0.5) is 13.2 Å². The fourth-order valence-electron chi connectivity index (χ4n) is 1.89. The molecule has 0 unspecified atom stereocenters. The summed E-state index contributed by atoms with van der Waals surface area (Å²) in [5.74, 6) is -0.199. The number of alkyl halides is 3. The summed E-state index contributed by atoms with van der Waals surface area (Å²) >= 11 is 0. The van der Waals surface area contributed by atoms with Gasteiger partial charge in [-0.2, -0.15) is 18.2 Å². The Labute approximate surface area is 134 Å². The first kappa shape index (κ1) is 15.9. The van der Waals surface area contributed by atoms with E-state index in [9.17, 15) is 13.2 Å². The zero-order valence-electron chi connectivity index (χ0n) is 12.3. The second-order valence-electron chi connectivity index (χ2n) is 4.64. The Bertz CT molecular complexity index is 846. The Morgan fingerprint density at radius 1 is 1.12 bits per heavy atom. The molecule has 24 heavy (non-hydrogen) atoms. The number of rotatable bonds is 4. The number of hydrogen-bond donors (Lipinski definition) is 0. The van der Waals surface area contributed by atoms with Crippen molar-refractivity contribution in [2.75, 3.05) is 7.11 Å². The van der Waals surface area contributed by atoms with Gasteiger partial charge in [-0.3, -0.25) is 0 Å². The number of aromatic nitrogens is 2. The lowest BCUT2D eigenvalue weighted by molar-refractivity contribution is -0.159. The van der Waals surface area contributed by atoms with Crippen LogP contribution < -0.4 is 9.47 Å². The molecule has 1 aromatic heterocycles. The minimum absolute atomic E-state index is 0.188. The van der Waals surface area contributed by atoms with E-state index in [2.05, 4.69) is 20.7 Å². The lowest BCUT2D eigenvalue weighted by Crippen LogP contribution is -2.04. The van der Waals surface area contributed by atoms with Gasteiger partial charge in [-0.15, -0.1) is 0 Å². The van der Waals surface area contributed by atoms with E-state index in [1.165, 1.54) is 25.3 Å². The second kappa shape index (κ2) is 6.23. The lowest BCUT2D eigenvalue weighted by Gasteiger charge is -2.07. The molecule has 123 valence electrons. The van der Waals surface area contributed by atoms with Crippen LogP contribution in [0, 0.1) is 6.07 Å². The molecule has 1 radical (unpaired) electrons. The SMILES string of the molecule is COc1cccc(Oc2[c]ccc(-c3noc(C(F)(F)F)n3)c2)c1. The zero-order valence-corrected chi connectivity index (χ0v) is 12.3. The van der Waals surface area contributed by atoms with E-state index in [0.29, 0.717) is 22.8 Å². The van der Waals surface area contributed by atoms with Crippen LogP contribution in [-0.4, -0.2) is 17.3 Å². The van der Waals surface area contributed by atoms with Crippen molar-refractivity contribution in [2.24, 2.45) is 0 Å². The van der Waals surface area contributed by atoms with Gasteiger partial charge in [0.15, 0.2) is 0 Å². The Morgan fingerprint density at radius 2 is 1.92 bits per heavy atom. The van der Waals surface area contributed by atoms with Crippen molar-refractivity contribution < 1.29 is 27.2 Å². The molecule has 0 spiro atoms. The first-order valence-electron chi connectivity index (χ1n) is 6.70. The first-order chi connectivity index (χ1) is 11.5. The summed E-state index contributed by atoms with van der Waals surface area (Å²) in [5.41, 5.74) is 0.311. The molecule has 0 bridgehead atoms. The smallest absolute Gasteiger partial charge is 0.471 e. The van der Waals surface area contributed by atoms with Crippen LogP contribution in [-0.2, 0) is 6.18 Å². The molecule has 1 heterocycles. The monoisotopic (exact) mass is 335 g/mol. The molecule has 0 aliphatic carbocycles. The van der Waals surface area contributed by atoms with Gasteiger partial charge >= 0.3 is 12.1 Å². The summed E-state index contributed by atoms with van der Waals surface area (Å²) in [4.78, 5) is 3.34. The maximum Gasteiger partial charge on any atom is 0.471 e. The van der Waals surface area contributed by atoms with E-state index in [-0.39, 0.29) is 5.82 Å². The van der Waals surface area contributed by atoms with Gasteiger partial charge in [-0.25, -0.2) is 0 Å². The molecular formula is C16H10F3N2O3. The maximum absolute atomic E-state index is 12.5. The van der Waals surface area contributed by atoms with Crippen LogP contribution >= 0.6 is 0 Å². The molecular weight excluding hydrogens is 325 g/mol. The van der Waals surface area contributed by atoms with Crippen LogP contribution in [0.2, 0.25) is 0 Å². The van der Waals surface area contributed by atoms with Gasteiger partial charge in [0.05, 0.1) is 7.11 Å². The minimum atomic E-state index is -4.69. The van der Waals surface area contributed by atoms with Crippen molar-refractivity contribution in [3.8, 4) is 28.6 Å². The molecule has 0 saturated carbocycles. The van der Waals surface area contributed by atoms with Crippen LogP contribution in [0.25, 0.3) is 11.4 Å². The second-order valence-corrected chi connectivity index (χ2v) is 4.64. The molecule has 3 rings (SSSR count). The van der Waals surface area contributed by atoms with Gasteiger partial charge in [-0.05, 0) is 24.3 Å². The summed E-state index contributed by atoms with van der Waals surface area (Å²) in [6, 6.07) is 14.2. The van der Waals surface area contributed by atoms with Gasteiger partial charge in [0.1, 0.15) is 17.2 Å². The van der Waals surface area contributed by atoms with E-state index in [1.54, 1.807) is 24.3 Å². The Kier molecular flexibility index (Phi) is 4.11. The zero-order chi connectivity index (χ0) is 17.2. The molecule has 0 aliphatic heterocycles. The standard InChI is InChI=1S/C16H10F3N2O3/c1-22-11-5-3-7-13(9-11)23-12-6-2-4-10(8-12)14-20-15(24-21-14)16(17,18)19/h2-5,7-9H,1H3. The molecule has 0 atom stereocenters. The average Bonchev–Trinajstić information content (AvgIpc) is 3.06. The third kappa shape index (κ3) is 3.48. The third-order valence-corrected chi connectivity index (χ3v) is 2.97. The van der Waals surface area contributed by atoms with Crippen molar-refractivity contribution in [3.63, 3.8) is 0 Å². The molecule has 8 heteroatoms. The average molecular weight is 335 g/mol. The van der Waals surface area contributed by atoms with Gasteiger partial charge in [0.25, 0.3) is 0 Å². The highest BCUT2D eigenvalue weighted by atomic mass is 19.4. The summed E-state index contributed by atoms with van der Waals surface area (Å²) in [5, 5.41) is 3.33. The molecule has 0 N–H and O–H groups in total. The fourth-order valence-corrected chi connectivity index (χ4v) is 1.89. The minimum Gasteiger partial charge on any atom is -0.497 e. The van der Waals surface area contributed by atoms with Crippen molar-refractivity contribution in [2.45, 2.75) is 6.18 Å². The molecule has 5 nitrogen and oxygen atoms in total. The van der Waals surface area contributed by atoms with Crippen LogP contribution in [0.3, 0.4) is 0 Å². The highest BCUT2D eigenvalue weighted by Crippen LogP contribution is 2.31. The Morgan fingerprint density at radius 3 is 2.62 bits per heavy atom. The third-order valence-electron chi connectivity index (χ3n) is 2.97. The number of halogens is 3. The number of methoxy groups -OCH3 is 1. The highest BCUT2D eigenvalue weighted by Gasteiger charge is 2.38. The van der Waals surface area contributed by atoms with Gasteiger partial charge in [0.2, 0.25) is 5.82 Å². The fraction of sp³-hybridized carbons (Fsp3) is 0.125.